The van der Waals surface area contributed by atoms with Crippen molar-refractivity contribution >= 4 is 0 Å². The minimum absolute atomic E-state index is 0.0583. The summed E-state index contributed by atoms with van der Waals surface area (Å²) in [5.74, 6) is 1.27. The van der Waals surface area contributed by atoms with Gasteiger partial charge in [-0.1, -0.05) is 26.3 Å². The number of hydrogen-bond acceptors (Lipinski definition) is 4. The fraction of sp³-hybridized carbons (Fsp3) is 0.700. The summed E-state index contributed by atoms with van der Waals surface area (Å²) in [5, 5.41) is 9.65. The van der Waals surface area contributed by atoms with Crippen molar-refractivity contribution in [3.63, 3.8) is 0 Å². The molecule has 0 aliphatic heterocycles. The van der Waals surface area contributed by atoms with E-state index in [0.29, 0.717) is 19.1 Å². The molecule has 2 atom stereocenters. The SMILES string of the molecule is CCCCOCCOc1ccc2c(c1)CCC(C(N)(CC)CO)C2. The molecule has 3 N–H and O–H groups in total. The van der Waals surface area contributed by atoms with Crippen LogP contribution >= 0.6 is 0 Å². The molecule has 0 radical (unpaired) electrons. The molecular weight excluding hydrogens is 302 g/mol. The number of aliphatic hydroxyl groups excluding tert-OH is 1. The van der Waals surface area contributed by atoms with Crippen molar-refractivity contribution in [2.24, 2.45) is 11.7 Å². The van der Waals surface area contributed by atoms with Crippen molar-refractivity contribution in [3.05, 3.63) is 29.3 Å². The Labute approximate surface area is 146 Å². The van der Waals surface area contributed by atoms with Gasteiger partial charge in [-0.2, -0.15) is 0 Å². The van der Waals surface area contributed by atoms with Crippen LogP contribution in [0.15, 0.2) is 18.2 Å². The third-order valence-corrected chi connectivity index (χ3v) is 5.31. The lowest BCUT2D eigenvalue weighted by molar-refractivity contribution is 0.0979. The van der Waals surface area contributed by atoms with Crippen LogP contribution in [0, 0.1) is 5.92 Å². The van der Waals surface area contributed by atoms with Crippen LogP contribution in [0.25, 0.3) is 0 Å². The number of aryl methyl sites for hydroxylation is 1. The number of hydrogen-bond donors (Lipinski definition) is 2. The lowest BCUT2D eigenvalue weighted by Gasteiger charge is -2.38. The Morgan fingerprint density at radius 3 is 2.75 bits per heavy atom. The maximum atomic E-state index is 9.65. The smallest absolute Gasteiger partial charge is 0.119 e. The van der Waals surface area contributed by atoms with Crippen molar-refractivity contribution in [2.45, 2.75) is 57.9 Å². The van der Waals surface area contributed by atoms with Crippen LogP contribution in [-0.4, -0.2) is 37.1 Å². The predicted octanol–water partition coefficient (Wildman–Crippen LogP) is 3.09. The Bertz CT molecular complexity index is 500. The highest BCUT2D eigenvalue weighted by Crippen LogP contribution is 2.34. The first-order chi connectivity index (χ1) is 11.6. The van der Waals surface area contributed by atoms with Gasteiger partial charge in [0, 0.05) is 12.1 Å². The molecule has 0 saturated carbocycles. The van der Waals surface area contributed by atoms with E-state index in [2.05, 4.69) is 26.0 Å². The van der Waals surface area contributed by atoms with Crippen LogP contribution in [0.4, 0.5) is 0 Å². The average Bonchev–Trinajstić information content (AvgIpc) is 2.63. The number of ether oxygens (including phenoxy) is 2. The second kappa shape index (κ2) is 9.40. The highest BCUT2D eigenvalue weighted by molar-refractivity contribution is 5.38. The van der Waals surface area contributed by atoms with Crippen LogP contribution < -0.4 is 10.5 Å². The summed E-state index contributed by atoms with van der Waals surface area (Å²) in [4.78, 5) is 0. The van der Waals surface area contributed by atoms with Gasteiger partial charge in [-0.05, 0) is 61.3 Å². The third kappa shape index (κ3) is 4.95. The van der Waals surface area contributed by atoms with E-state index in [9.17, 15) is 5.11 Å². The molecule has 0 spiro atoms. The summed E-state index contributed by atoms with van der Waals surface area (Å²) in [6.07, 6.45) is 6.05. The summed E-state index contributed by atoms with van der Waals surface area (Å²) in [6, 6.07) is 6.35. The maximum Gasteiger partial charge on any atom is 0.119 e. The molecule has 0 fully saturated rings. The van der Waals surface area contributed by atoms with E-state index in [4.69, 9.17) is 15.2 Å². The monoisotopic (exact) mass is 335 g/mol. The highest BCUT2D eigenvalue weighted by atomic mass is 16.5. The highest BCUT2D eigenvalue weighted by Gasteiger charge is 2.35. The fourth-order valence-electron chi connectivity index (χ4n) is 3.41. The molecule has 0 bridgehead atoms. The summed E-state index contributed by atoms with van der Waals surface area (Å²) in [5.41, 5.74) is 8.63. The number of aliphatic hydroxyl groups is 1. The first-order valence-corrected chi connectivity index (χ1v) is 9.35. The fourth-order valence-corrected chi connectivity index (χ4v) is 3.41. The molecule has 2 unspecified atom stereocenters. The van der Waals surface area contributed by atoms with Gasteiger partial charge in [0.2, 0.25) is 0 Å². The zero-order valence-corrected chi connectivity index (χ0v) is 15.2. The first-order valence-electron chi connectivity index (χ1n) is 9.35. The van der Waals surface area contributed by atoms with E-state index in [0.717, 1.165) is 50.9 Å². The molecule has 0 amide bonds. The minimum Gasteiger partial charge on any atom is -0.491 e. The van der Waals surface area contributed by atoms with Gasteiger partial charge < -0.3 is 20.3 Å². The molecule has 4 nitrogen and oxygen atoms in total. The summed E-state index contributed by atoms with van der Waals surface area (Å²) >= 11 is 0. The number of nitrogens with two attached hydrogens (primary N) is 1. The van der Waals surface area contributed by atoms with Crippen molar-refractivity contribution in [1.29, 1.82) is 0 Å². The Morgan fingerprint density at radius 1 is 1.21 bits per heavy atom. The predicted molar refractivity (Wildman–Crippen MR) is 97.5 cm³/mol. The molecular formula is C20H33NO3. The Kier molecular flexibility index (Phi) is 7.53. The van der Waals surface area contributed by atoms with Gasteiger partial charge in [0.15, 0.2) is 0 Å². The standard InChI is InChI=1S/C20H33NO3/c1-3-5-10-23-11-12-24-19-9-7-16-13-18(8-6-17(16)14-19)20(21,4-2)15-22/h7,9,14,18,22H,3-6,8,10-13,15,21H2,1-2H3. The van der Waals surface area contributed by atoms with Crippen LogP contribution in [0.1, 0.15) is 50.7 Å². The van der Waals surface area contributed by atoms with Crippen molar-refractivity contribution in [1.82, 2.24) is 0 Å². The third-order valence-electron chi connectivity index (χ3n) is 5.31. The Hall–Kier alpha value is -1.10. The zero-order chi connectivity index (χ0) is 17.4. The van der Waals surface area contributed by atoms with Crippen LogP contribution in [0.2, 0.25) is 0 Å². The van der Waals surface area contributed by atoms with Crippen molar-refractivity contribution < 1.29 is 14.6 Å². The summed E-state index contributed by atoms with van der Waals surface area (Å²) < 4.78 is 11.3. The van der Waals surface area contributed by atoms with Gasteiger partial charge in [0.1, 0.15) is 12.4 Å². The molecule has 0 aromatic heterocycles. The zero-order valence-electron chi connectivity index (χ0n) is 15.2. The lowest BCUT2D eigenvalue weighted by atomic mass is 9.72. The van der Waals surface area contributed by atoms with Gasteiger partial charge in [-0.25, -0.2) is 0 Å². The minimum atomic E-state index is -0.456. The Morgan fingerprint density at radius 2 is 2.04 bits per heavy atom. The molecule has 2 rings (SSSR count). The van der Waals surface area contributed by atoms with Crippen molar-refractivity contribution in [3.8, 4) is 5.75 Å². The number of fused-ring (bicyclic) bond motifs is 1. The van der Waals surface area contributed by atoms with Gasteiger partial charge >= 0.3 is 0 Å². The van der Waals surface area contributed by atoms with Gasteiger partial charge in [-0.3, -0.25) is 0 Å². The average molecular weight is 335 g/mol. The molecule has 0 heterocycles. The van der Waals surface area contributed by atoms with E-state index < -0.39 is 5.54 Å². The van der Waals surface area contributed by atoms with Gasteiger partial charge in [0.05, 0.1) is 13.2 Å². The number of unbranched alkanes of at least 4 members (excludes halogenated alkanes) is 1. The summed E-state index contributed by atoms with van der Waals surface area (Å²) in [6.45, 7) is 6.33. The van der Waals surface area contributed by atoms with Gasteiger partial charge in [0.25, 0.3) is 0 Å². The largest absolute Gasteiger partial charge is 0.491 e. The molecule has 4 heteroatoms. The van der Waals surface area contributed by atoms with Gasteiger partial charge in [-0.15, -0.1) is 0 Å². The van der Waals surface area contributed by atoms with Crippen LogP contribution in [-0.2, 0) is 17.6 Å². The Balaban J connectivity index is 1.87. The molecule has 1 aromatic carbocycles. The van der Waals surface area contributed by atoms with E-state index >= 15 is 0 Å². The number of rotatable bonds is 10. The topological polar surface area (TPSA) is 64.7 Å². The quantitative estimate of drug-likeness (QED) is 0.645. The molecule has 136 valence electrons. The van der Waals surface area contributed by atoms with E-state index in [1.807, 2.05) is 6.07 Å². The molecule has 1 aliphatic rings. The van der Waals surface area contributed by atoms with E-state index in [1.165, 1.54) is 11.1 Å². The van der Waals surface area contributed by atoms with Crippen molar-refractivity contribution in [2.75, 3.05) is 26.4 Å². The molecule has 24 heavy (non-hydrogen) atoms. The van der Waals surface area contributed by atoms with Crippen LogP contribution in [0.3, 0.4) is 0 Å². The second-order valence-corrected chi connectivity index (χ2v) is 6.93. The first kappa shape index (κ1) is 19.2. The molecule has 0 saturated heterocycles. The van der Waals surface area contributed by atoms with E-state index in [1.54, 1.807) is 0 Å². The van der Waals surface area contributed by atoms with Crippen LogP contribution in [0.5, 0.6) is 5.75 Å². The molecule has 1 aliphatic carbocycles. The number of benzene rings is 1. The second-order valence-electron chi connectivity index (χ2n) is 6.93. The normalized spacial score (nSPS) is 19.6. The summed E-state index contributed by atoms with van der Waals surface area (Å²) in [7, 11) is 0. The maximum absolute atomic E-state index is 9.65. The van der Waals surface area contributed by atoms with E-state index in [-0.39, 0.29) is 6.61 Å². The lowest BCUT2D eigenvalue weighted by Crippen LogP contribution is -2.51. The molecule has 1 aromatic rings.